The van der Waals surface area contributed by atoms with Crippen molar-refractivity contribution >= 4 is 5.78 Å². The smallest absolute Gasteiger partial charge is 0.200 e. The Morgan fingerprint density at radius 2 is 1.62 bits per heavy atom. The van der Waals surface area contributed by atoms with Crippen molar-refractivity contribution in [3.8, 4) is 17.2 Å². The Morgan fingerprint density at radius 3 is 2.24 bits per heavy atom. The summed E-state index contributed by atoms with van der Waals surface area (Å²) in [4.78, 5) is 12.1. The standard InChI is InChI=1S/C17H18O4/c1-3-20-14-7-9-15(10-8-14)21-12-17(18)13-5-4-6-16(11-13)19-2/h4-11H,3,12H2,1-2H3. The second-order valence-corrected chi connectivity index (χ2v) is 4.35. The number of carbonyl (C=O) groups excluding carboxylic acids is 1. The van der Waals surface area contributed by atoms with Crippen LogP contribution in [0, 0.1) is 0 Å². The average Bonchev–Trinajstić information content (AvgIpc) is 2.54. The topological polar surface area (TPSA) is 44.8 Å². The van der Waals surface area contributed by atoms with Crippen LogP contribution in [0.15, 0.2) is 48.5 Å². The van der Waals surface area contributed by atoms with E-state index in [0.717, 1.165) is 5.75 Å². The van der Waals surface area contributed by atoms with Gasteiger partial charge in [-0.25, -0.2) is 0 Å². The molecule has 0 radical (unpaired) electrons. The van der Waals surface area contributed by atoms with Crippen molar-refractivity contribution in [1.29, 1.82) is 0 Å². The minimum absolute atomic E-state index is 0.0127. The minimum Gasteiger partial charge on any atom is -0.497 e. The predicted octanol–water partition coefficient (Wildman–Crippen LogP) is 3.36. The summed E-state index contributed by atoms with van der Waals surface area (Å²) in [6.45, 7) is 2.53. The first-order valence-corrected chi connectivity index (χ1v) is 6.76. The zero-order valence-electron chi connectivity index (χ0n) is 12.2. The second-order valence-electron chi connectivity index (χ2n) is 4.35. The van der Waals surface area contributed by atoms with E-state index >= 15 is 0 Å². The summed E-state index contributed by atoms with van der Waals surface area (Å²) in [5.41, 5.74) is 0.570. The third-order valence-corrected chi connectivity index (χ3v) is 2.90. The van der Waals surface area contributed by atoms with Gasteiger partial charge in [0.25, 0.3) is 0 Å². The van der Waals surface area contributed by atoms with Crippen LogP contribution >= 0.6 is 0 Å². The summed E-state index contributed by atoms with van der Waals surface area (Å²) in [6.07, 6.45) is 0. The molecule has 0 atom stereocenters. The lowest BCUT2D eigenvalue weighted by Gasteiger charge is -2.08. The first-order chi connectivity index (χ1) is 10.2. The minimum atomic E-state index is -0.0946. The maximum atomic E-state index is 12.1. The highest BCUT2D eigenvalue weighted by atomic mass is 16.5. The second kappa shape index (κ2) is 7.33. The Hall–Kier alpha value is -2.49. The van der Waals surface area contributed by atoms with Gasteiger partial charge in [-0.15, -0.1) is 0 Å². The number of methoxy groups -OCH3 is 1. The fraction of sp³-hybridized carbons (Fsp3) is 0.235. The first kappa shape index (κ1) is 14.9. The molecule has 0 unspecified atom stereocenters. The van der Waals surface area contributed by atoms with Crippen molar-refractivity contribution in [2.45, 2.75) is 6.92 Å². The van der Waals surface area contributed by atoms with Gasteiger partial charge in [0.05, 0.1) is 13.7 Å². The average molecular weight is 286 g/mol. The number of hydrogen-bond donors (Lipinski definition) is 0. The fourth-order valence-corrected chi connectivity index (χ4v) is 1.83. The van der Waals surface area contributed by atoms with Crippen LogP contribution in [0.5, 0.6) is 17.2 Å². The third kappa shape index (κ3) is 4.24. The molecule has 2 aromatic carbocycles. The quantitative estimate of drug-likeness (QED) is 0.732. The maximum Gasteiger partial charge on any atom is 0.200 e. The van der Waals surface area contributed by atoms with Crippen LogP contribution in [-0.4, -0.2) is 26.1 Å². The predicted molar refractivity (Wildman–Crippen MR) is 80.4 cm³/mol. The SMILES string of the molecule is CCOc1ccc(OCC(=O)c2cccc(OC)c2)cc1. The van der Waals surface area contributed by atoms with Crippen LogP contribution in [0.2, 0.25) is 0 Å². The summed E-state index contributed by atoms with van der Waals surface area (Å²) in [5, 5.41) is 0. The number of hydrogen-bond acceptors (Lipinski definition) is 4. The Kier molecular flexibility index (Phi) is 5.21. The highest BCUT2D eigenvalue weighted by molar-refractivity contribution is 5.97. The molecule has 2 aromatic rings. The highest BCUT2D eigenvalue weighted by Gasteiger charge is 2.08. The Morgan fingerprint density at radius 1 is 0.952 bits per heavy atom. The van der Waals surface area contributed by atoms with Crippen molar-refractivity contribution in [1.82, 2.24) is 0 Å². The lowest BCUT2D eigenvalue weighted by Crippen LogP contribution is -2.11. The lowest BCUT2D eigenvalue weighted by molar-refractivity contribution is 0.0921. The molecule has 0 amide bonds. The number of ketones is 1. The van der Waals surface area contributed by atoms with E-state index in [4.69, 9.17) is 14.2 Å². The molecule has 0 spiro atoms. The Balaban J connectivity index is 1.93. The van der Waals surface area contributed by atoms with E-state index in [-0.39, 0.29) is 12.4 Å². The van der Waals surface area contributed by atoms with Crippen LogP contribution in [0.25, 0.3) is 0 Å². The van der Waals surface area contributed by atoms with Gasteiger partial charge in [0.1, 0.15) is 17.2 Å². The molecule has 0 aromatic heterocycles. The molecule has 0 aliphatic carbocycles. The van der Waals surface area contributed by atoms with Gasteiger partial charge in [0.2, 0.25) is 0 Å². The molecule has 0 saturated heterocycles. The number of benzene rings is 2. The van der Waals surface area contributed by atoms with Crippen LogP contribution < -0.4 is 14.2 Å². The summed E-state index contributed by atoms with van der Waals surface area (Å²) in [7, 11) is 1.57. The van der Waals surface area contributed by atoms with E-state index in [2.05, 4.69) is 0 Å². The lowest BCUT2D eigenvalue weighted by atomic mass is 10.1. The fourth-order valence-electron chi connectivity index (χ4n) is 1.83. The van der Waals surface area contributed by atoms with E-state index in [0.29, 0.717) is 23.7 Å². The van der Waals surface area contributed by atoms with E-state index in [9.17, 15) is 4.79 Å². The zero-order valence-corrected chi connectivity index (χ0v) is 12.2. The monoisotopic (exact) mass is 286 g/mol. The number of ether oxygens (including phenoxy) is 3. The molecular weight excluding hydrogens is 268 g/mol. The molecule has 0 saturated carbocycles. The molecule has 0 fully saturated rings. The highest BCUT2D eigenvalue weighted by Crippen LogP contribution is 2.18. The summed E-state index contributed by atoms with van der Waals surface area (Å²) in [6, 6.07) is 14.2. The molecule has 21 heavy (non-hydrogen) atoms. The van der Waals surface area contributed by atoms with E-state index in [1.165, 1.54) is 0 Å². The molecular formula is C17H18O4. The molecule has 0 bridgehead atoms. The van der Waals surface area contributed by atoms with E-state index in [1.807, 2.05) is 19.1 Å². The van der Waals surface area contributed by atoms with Crippen molar-refractivity contribution < 1.29 is 19.0 Å². The largest absolute Gasteiger partial charge is 0.497 e. The molecule has 2 rings (SSSR count). The summed E-state index contributed by atoms with van der Waals surface area (Å²) >= 11 is 0. The van der Waals surface area contributed by atoms with Gasteiger partial charge in [0.15, 0.2) is 12.4 Å². The first-order valence-electron chi connectivity index (χ1n) is 6.76. The van der Waals surface area contributed by atoms with Crippen molar-refractivity contribution in [2.24, 2.45) is 0 Å². The van der Waals surface area contributed by atoms with Gasteiger partial charge >= 0.3 is 0 Å². The van der Waals surface area contributed by atoms with Crippen LogP contribution in [0.4, 0.5) is 0 Å². The zero-order chi connectivity index (χ0) is 15.1. The third-order valence-electron chi connectivity index (χ3n) is 2.90. The normalized spacial score (nSPS) is 10.0. The van der Waals surface area contributed by atoms with Crippen LogP contribution in [0.3, 0.4) is 0 Å². The molecule has 0 heterocycles. The van der Waals surface area contributed by atoms with Gasteiger partial charge < -0.3 is 14.2 Å². The van der Waals surface area contributed by atoms with Crippen molar-refractivity contribution in [3.05, 3.63) is 54.1 Å². The van der Waals surface area contributed by atoms with Crippen LogP contribution in [0.1, 0.15) is 17.3 Å². The van der Waals surface area contributed by atoms with Gasteiger partial charge in [-0.1, -0.05) is 12.1 Å². The molecule has 0 N–H and O–H groups in total. The number of Topliss-reactive ketones (excluding diaryl/α,β-unsaturated/α-hetero) is 1. The van der Waals surface area contributed by atoms with E-state index < -0.39 is 0 Å². The van der Waals surface area contributed by atoms with Gasteiger partial charge in [-0.2, -0.15) is 0 Å². The Bertz CT molecular complexity index is 590. The number of carbonyl (C=O) groups is 1. The number of rotatable bonds is 7. The molecule has 0 aliphatic heterocycles. The van der Waals surface area contributed by atoms with Gasteiger partial charge in [-0.05, 0) is 43.3 Å². The molecule has 4 nitrogen and oxygen atoms in total. The maximum absolute atomic E-state index is 12.1. The van der Waals surface area contributed by atoms with Gasteiger partial charge in [-0.3, -0.25) is 4.79 Å². The Labute approximate surface area is 124 Å². The summed E-state index contributed by atoms with van der Waals surface area (Å²) < 4.78 is 15.9. The van der Waals surface area contributed by atoms with Crippen LogP contribution in [-0.2, 0) is 0 Å². The van der Waals surface area contributed by atoms with Crippen molar-refractivity contribution in [3.63, 3.8) is 0 Å². The molecule has 0 aliphatic rings. The molecule has 4 heteroatoms. The van der Waals surface area contributed by atoms with E-state index in [1.54, 1.807) is 43.5 Å². The molecule has 110 valence electrons. The van der Waals surface area contributed by atoms with Crippen molar-refractivity contribution in [2.75, 3.05) is 20.3 Å². The summed E-state index contributed by atoms with van der Waals surface area (Å²) in [5.74, 6) is 1.98. The van der Waals surface area contributed by atoms with Gasteiger partial charge in [0, 0.05) is 5.56 Å².